The average Bonchev–Trinajstić information content (AvgIpc) is 3.71. The van der Waals surface area contributed by atoms with Gasteiger partial charge in [0.05, 0.1) is 20.8 Å². The van der Waals surface area contributed by atoms with Crippen LogP contribution in [-0.4, -0.2) is 6.71 Å². The van der Waals surface area contributed by atoms with Gasteiger partial charge in [0, 0.05) is 53.7 Å². The molecule has 47 heavy (non-hydrogen) atoms. The molecule has 0 amide bonds. The van der Waals surface area contributed by atoms with Gasteiger partial charge in [-0.25, -0.2) is 0 Å². The Morgan fingerprint density at radius 3 is 1.26 bits per heavy atom. The highest BCUT2D eigenvalue weighted by molar-refractivity contribution is 7.27. The Balaban J connectivity index is 1.23. The molecule has 0 saturated heterocycles. The molecule has 2 aromatic heterocycles. The van der Waals surface area contributed by atoms with E-state index in [1.54, 1.807) is 0 Å². The molecule has 0 N–H and O–H groups in total. The molecular weight excluding hydrogens is 607 g/mol. The van der Waals surface area contributed by atoms with Gasteiger partial charge < -0.3 is 9.80 Å². The molecule has 0 radical (unpaired) electrons. The van der Waals surface area contributed by atoms with E-state index < -0.39 is 0 Å². The minimum Gasteiger partial charge on any atom is -0.310 e. The minimum absolute atomic E-state index is 0.129. The Labute approximate surface area is 280 Å². The van der Waals surface area contributed by atoms with Crippen molar-refractivity contribution >= 4 is 120 Å². The highest BCUT2D eigenvalue weighted by Gasteiger charge is 2.43. The number of benzene rings is 7. The van der Waals surface area contributed by atoms with Crippen molar-refractivity contribution in [3.05, 3.63) is 152 Å². The van der Waals surface area contributed by atoms with Crippen molar-refractivity contribution in [2.75, 3.05) is 9.80 Å². The molecule has 0 fully saturated rings. The summed E-state index contributed by atoms with van der Waals surface area (Å²) < 4.78 is 5.29. The lowest BCUT2D eigenvalue weighted by Gasteiger charge is -2.44. The van der Waals surface area contributed by atoms with Gasteiger partial charge >= 0.3 is 0 Å². The molecule has 0 spiro atoms. The van der Waals surface area contributed by atoms with E-state index in [0.29, 0.717) is 0 Å². The van der Waals surface area contributed by atoms with Crippen LogP contribution >= 0.6 is 22.7 Å². The van der Waals surface area contributed by atoms with Crippen LogP contribution in [0.1, 0.15) is 0 Å². The van der Waals surface area contributed by atoms with Crippen molar-refractivity contribution in [2.24, 2.45) is 0 Å². The summed E-state index contributed by atoms with van der Waals surface area (Å²) in [6, 6.07) is 56.2. The second-order valence-electron chi connectivity index (χ2n) is 12.4. The van der Waals surface area contributed by atoms with E-state index in [-0.39, 0.29) is 6.71 Å². The molecule has 218 valence electrons. The summed E-state index contributed by atoms with van der Waals surface area (Å²) in [4.78, 5) is 5.07. The fourth-order valence-corrected chi connectivity index (χ4v) is 10.6. The van der Waals surface area contributed by atoms with Crippen LogP contribution in [0.2, 0.25) is 0 Å². The molecule has 0 bridgehead atoms. The van der Waals surface area contributed by atoms with Crippen molar-refractivity contribution in [3.63, 3.8) is 0 Å². The average molecular weight is 633 g/mol. The summed E-state index contributed by atoms with van der Waals surface area (Å²) in [6.07, 6.45) is 0. The van der Waals surface area contributed by atoms with Gasteiger partial charge in [-0.05, 0) is 64.9 Å². The highest BCUT2D eigenvalue weighted by Crippen LogP contribution is 2.49. The first-order valence-corrected chi connectivity index (χ1v) is 17.7. The van der Waals surface area contributed by atoms with Gasteiger partial charge in [0.15, 0.2) is 0 Å². The maximum atomic E-state index is 2.54. The summed E-state index contributed by atoms with van der Waals surface area (Å²) in [5.41, 5.74) is 11.5. The Morgan fingerprint density at radius 1 is 0.340 bits per heavy atom. The second kappa shape index (κ2) is 9.58. The number of anilines is 6. The lowest BCUT2D eigenvalue weighted by Crippen LogP contribution is -2.61. The van der Waals surface area contributed by atoms with Gasteiger partial charge in [-0.2, -0.15) is 0 Å². The molecule has 0 aliphatic carbocycles. The van der Waals surface area contributed by atoms with Gasteiger partial charge in [0.25, 0.3) is 6.71 Å². The van der Waals surface area contributed by atoms with Crippen LogP contribution in [0.4, 0.5) is 34.1 Å². The lowest BCUT2D eigenvalue weighted by molar-refractivity contribution is 1.27. The zero-order valence-corrected chi connectivity index (χ0v) is 26.9. The number of hydrogen-bond acceptors (Lipinski definition) is 4. The summed E-state index contributed by atoms with van der Waals surface area (Å²) in [6.45, 7) is 0.129. The first kappa shape index (κ1) is 25.8. The smallest absolute Gasteiger partial charge is 0.252 e. The third-order valence-corrected chi connectivity index (χ3v) is 12.5. The monoisotopic (exact) mass is 632 g/mol. The van der Waals surface area contributed by atoms with Crippen molar-refractivity contribution < 1.29 is 0 Å². The zero-order valence-electron chi connectivity index (χ0n) is 25.2. The Kier molecular flexibility index (Phi) is 5.26. The molecule has 11 rings (SSSR count). The minimum atomic E-state index is 0.129. The number of nitrogens with zero attached hydrogens (tertiary/aromatic N) is 2. The topological polar surface area (TPSA) is 6.48 Å². The number of fused-ring (bicyclic) bond motifs is 10. The van der Waals surface area contributed by atoms with Crippen LogP contribution in [-0.2, 0) is 0 Å². The maximum Gasteiger partial charge on any atom is 0.252 e. The van der Waals surface area contributed by atoms with Gasteiger partial charge in [0.1, 0.15) is 0 Å². The molecule has 9 aromatic rings. The Hall–Kier alpha value is -5.36. The molecule has 2 nitrogen and oxygen atoms in total. The van der Waals surface area contributed by atoms with Gasteiger partial charge in [-0.3, -0.25) is 0 Å². The van der Waals surface area contributed by atoms with E-state index in [1.807, 2.05) is 22.7 Å². The van der Waals surface area contributed by atoms with Crippen LogP contribution in [0, 0.1) is 0 Å². The number of thiophene rings is 2. The standard InChI is InChI=1S/C42H25BN2S2/c1-7-24-38-26(12-1)28-14-9-22-36(41(28)46-38)44-32-18-5-3-16-30(32)43-31-17-4-6-19-33(31)45(35-21-11-20-34(44)40(35)43)37-23-10-15-29-27-13-2-8-25-39(27)47-42(29)37/h1-25H. The van der Waals surface area contributed by atoms with Gasteiger partial charge in [-0.15, -0.1) is 22.7 Å². The van der Waals surface area contributed by atoms with Crippen molar-refractivity contribution in [1.82, 2.24) is 0 Å². The van der Waals surface area contributed by atoms with E-state index in [1.165, 1.54) is 90.9 Å². The van der Waals surface area contributed by atoms with E-state index in [4.69, 9.17) is 0 Å². The Bertz CT molecular complexity index is 2560. The number of para-hydroxylation sites is 2. The SMILES string of the molecule is c1ccc2c(c1)B1c3ccccc3N(c3cccc4c3sc3ccccc34)c3cccc(c31)N2c1cccc2c1sc1ccccc12. The molecule has 0 atom stereocenters. The molecule has 7 aromatic carbocycles. The summed E-state index contributed by atoms with van der Waals surface area (Å²) in [7, 11) is 0. The van der Waals surface area contributed by atoms with Crippen LogP contribution in [0.25, 0.3) is 40.3 Å². The molecule has 2 aliphatic heterocycles. The summed E-state index contributed by atoms with van der Waals surface area (Å²) >= 11 is 3.79. The van der Waals surface area contributed by atoms with Crippen LogP contribution in [0.15, 0.2) is 152 Å². The van der Waals surface area contributed by atoms with E-state index in [9.17, 15) is 0 Å². The van der Waals surface area contributed by atoms with E-state index >= 15 is 0 Å². The highest BCUT2D eigenvalue weighted by atomic mass is 32.1. The van der Waals surface area contributed by atoms with Crippen molar-refractivity contribution in [2.45, 2.75) is 0 Å². The normalized spacial score (nSPS) is 13.4. The third-order valence-electron chi connectivity index (χ3n) is 10.1. The summed E-state index contributed by atoms with van der Waals surface area (Å²) in [5.74, 6) is 0. The van der Waals surface area contributed by atoms with E-state index in [0.717, 1.165) is 0 Å². The Morgan fingerprint density at radius 2 is 0.723 bits per heavy atom. The van der Waals surface area contributed by atoms with Crippen molar-refractivity contribution in [3.8, 4) is 0 Å². The third kappa shape index (κ3) is 3.45. The van der Waals surface area contributed by atoms with Crippen LogP contribution in [0.3, 0.4) is 0 Å². The lowest BCUT2D eigenvalue weighted by atomic mass is 9.33. The van der Waals surface area contributed by atoms with E-state index in [2.05, 4.69) is 161 Å². The molecule has 0 saturated carbocycles. The van der Waals surface area contributed by atoms with Crippen LogP contribution in [0.5, 0.6) is 0 Å². The summed E-state index contributed by atoms with van der Waals surface area (Å²) in [5, 5.41) is 5.28. The molecular formula is C42H25BN2S2. The second-order valence-corrected chi connectivity index (χ2v) is 14.5. The predicted octanol–water partition coefficient (Wildman–Crippen LogP) is 10.5. The first-order chi connectivity index (χ1) is 23.3. The quantitative estimate of drug-likeness (QED) is 0.175. The fourth-order valence-electron chi connectivity index (χ4n) is 8.17. The van der Waals surface area contributed by atoms with Gasteiger partial charge in [-0.1, -0.05) is 103 Å². The zero-order chi connectivity index (χ0) is 30.6. The largest absolute Gasteiger partial charge is 0.310 e. The molecule has 5 heteroatoms. The number of rotatable bonds is 2. The van der Waals surface area contributed by atoms with Gasteiger partial charge in [0.2, 0.25) is 0 Å². The molecule has 0 unspecified atom stereocenters. The predicted molar refractivity (Wildman–Crippen MR) is 206 cm³/mol. The van der Waals surface area contributed by atoms with Crippen LogP contribution < -0.4 is 26.2 Å². The molecule has 2 aliphatic rings. The number of hydrogen-bond donors (Lipinski definition) is 0. The first-order valence-electron chi connectivity index (χ1n) is 16.1. The fraction of sp³-hybridized carbons (Fsp3) is 0. The molecule has 4 heterocycles. The van der Waals surface area contributed by atoms with Crippen molar-refractivity contribution in [1.29, 1.82) is 0 Å². The maximum absolute atomic E-state index is 2.54.